The van der Waals surface area contributed by atoms with Crippen molar-refractivity contribution in [3.8, 4) is 6.07 Å². The van der Waals surface area contributed by atoms with Gasteiger partial charge >= 0.3 is 0 Å². The summed E-state index contributed by atoms with van der Waals surface area (Å²) in [6.07, 6.45) is 1.35. The summed E-state index contributed by atoms with van der Waals surface area (Å²) in [7, 11) is 2.91. The molecule has 0 aliphatic carbocycles. The zero-order valence-electron chi connectivity index (χ0n) is 16.2. The first-order chi connectivity index (χ1) is 13.7. The van der Waals surface area contributed by atoms with Gasteiger partial charge in [-0.1, -0.05) is 30.3 Å². The van der Waals surface area contributed by atoms with Crippen LogP contribution >= 0.6 is 0 Å². The van der Waals surface area contributed by atoms with Gasteiger partial charge in [0.05, 0.1) is 11.6 Å². The van der Waals surface area contributed by atoms with E-state index in [2.05, 4.69) is 0 Å². The van der Waals surface area contributed by atoms with E-state index in [0.717, 1.165) is 28.7 Å². The Morgan fingerprint density at radius 1 is 1.10 bits per heavy atom. The molecule has 0 spiro atoms. The zero-order chi connectivity index (χ0) is 21.3. The minimum absolute atomic E-state index is 0.134. The number of halogens is 2. The van der Waals surface area contributed by atoms with Gasteiger partial charge in [0, 0.05) is 26.1 Å². The quantitative estimate of drug-likeness (QED) is 0.750. The standard InChI is InChI=1S/C22H19F2N3O2/c1-22(12-14-7-5-4-6-8-14)21(29)26(2)18(20(28)27(22)3)11-16-15(13-25)9-10-17(23)19(16)24/h4-11H,12H2,1-3H3. The second-order valence-corrected chi connectivity index (χ2v) is 7.13. The van der Waals surface area contributed by atoms with E-state index in [1.807, 2.05) is 30.3 Å². The van der Waals surface area contributed by atoms with Gasteiger partial charge in [-0.2, -0.15) is 5.26 Å². The second kappa shape index (κ2) is 7.47. The van der Waals surface area contributed by atoms with E-state index in [9.17, 15) is 23.6 Å². The third-order valence-electron chi connectivity index (χ3n) is 5.32. The van der Waals surface area contributed by atoms with Gasteiger partial charge in [0.15, 0.2) is 11.6 Å². The van der Waals surface area contributed by atoms with Crippen LogP contribution in [-0.2, 0) is 16.0 Å². The fourth-order valence-electron chi connectivity index (χ4n) is 3.44. The van der Waals surface area contributed by atoms with Crippen molar-refractivity contribution in [3.63, 3.8) is 0 Å². The molecule has 148 valence electrons. The molecule has 1 aliphatic heterocycles. The SMILES string of the molecule is CN1C(=O)C(C)(Cc2ccccc2)N(C)C(=O)C1=Cc1c(C#N)ccc(F)c1F. The first-order valence-corrected chi connectivity index (χ1v) is 8.90. The summed E-state index contributed by atoms with van der Waals surface area (Å²) in [5.74, 6) is -3.29. The smallest absolute Gasteiger partial charge is 0.271 e. The number of hydrogen-bond donors (Lipinski definition) is 0. The van der Waals surface area contributed by atoms with Gasteiger partial charge in [0.25, 0.3) is 11.8 Å². The number of benzene rings is 2. The molecule has 0 radical (unpaired) electrons. The summed E-state index contributed by atoms with van der Waals surface area (Å²) in [5, 5.41) is 9.20. The first kappa shape index (κ1) is 20.2. The van der Waals surface area contributed by atoms with Crippen LogP contribution in [0.2, 0.25) is 0 Å². The lowest BCUT2D eigenvalue weighted by atomic mass is 9.87. The Labute approximate surface area is 167 Å². The molecule has 29 heavy (non-hydrogen) atoms. The Morgan fingerprint density at radius 3 is 2.38 bits per heavy atom. The van der Waals surface area contributed by atoms with Gasteiger partial charge in [-0.3, -0.25) is 9.59 Å². The molecule has 1 unspecified atom stereocenters. The predicted molar refractivity (Wildman–Crippen MR) is 103 cm³/mol. The maximum atomic E-state index is 14.3. The molecule has 3 rings (SSSR count). The van der Waals surface area contributed by atoms with Crippen LogP contribution in [0.25, 0.3) is 6.08 Å². The number of carbonyl (C=O) groups excluding carboxylic acids is 2. The molecule has 7 heteroatoms. The molecule has 1 fully saturated rings. The molecule has 1 heterocycles. The third-order valence-corrected chi connectivity index (χ3v) is 5.32. The fraction of sp³-hybridized carbons (Fsp3) is 0.227. The van der Waals surface area contributed by atoms with Gasteiger partial charge in [-0.15, -0.1) is 0 Å². The molecule has 0 bridgehead atoms. The van der Waals surface area contributed by atoms with Crippen molar-refractivity contribution in [1.82, 2.24) is 9.80 Å². The first-order valence-electron chi connectivity index (χ1n) is 8.90. The summed E-state index contributed by atoms with van der Waals surface area (Å²) in [6.45, 7) is 1.66. The monoisotopic (exact) mass is 395 g/mol. The molecule has 2 amide bonds. The summed E-state index contributed by atoms with van der Waals surface area (Å²) in [6, 6.07) is 13.0. The number of hydrogen-bond acceptors (Lipinski definition) is 3. The maximum absolute atomic E-state index is 14.3. The average molecular weight is 395 g/mol. The highest BCUT2D eigenvalue weighted by atomic mass is 19.2. The van der Waals surface area contributed by atoms with E-state index in [1.165, 1.54) is 19.0 Å². The van der Waals surface area contributed by atoms with Crippen LogP contribution in [-0.4, -0.2) is 41.2 Å². The van der Waals surface area contributed by atoms with E-state index in [0.29, 0.717) is 6.42 Å². The Kier molecular flexibility index (Phi) is 5.21. The van der Waals surface area contributed by atoms with Crippen LogP contribution in [0, 0.1) is 23.0 Å². The van der Waals surface area contributed by atoms with Crippen molar-refractivity contribution in [2.45, 2.75) is 18.9 Å². The Balaban J connectivity index is 2.06. The summed E-state index contributed by atoms with van der Waals surface area (Å²) >= 11 is 0. The van der Waals surface area contributed by atoms with Crippen molar-refractivity contribution in [2.24, 2.45) is 0 Å². The van der Waals surface area contributed by atoms with Gasteiger partial charge in [0.1, 0.15) is 11.2 Å². The Bertz CT molecular complexity index is 1060. The summed E-state index contributed by atoms with van der Waals surface area (Å²) in [4.78, 5) is 28.7. The fourth-order valence-corrected chi connectivity index (χ4v) is 3.44. The molecule has 0 N–H and O–H groups in total. The molecule has 1 aliphatic rings. The van der Waals surface area contributed by atoms with Crippen molar-refractivity contribution in [3.05, 3.63) is 76.5 Å². The molecular formula is C22H19F2N3O2. The highest BCUT2D eigenvalue weighted by Crippen LogP contribution is 2.32. The molecule has 1 atom stereocenters. The van der Waals surface area contributed by atoms with Crippen LogP contribution < -0.4 is 0 Å². The number of likely N-dealkylation sites (N-methyl/N-ethyl adjacent to an activating group) is 2. The Hall–Kier alpha value is -3.53. The van der Waals surface area contributed by atoms with Crippen LogP contribution in [0.3, 0.4) is 0 Å². The zero-order valence-corrected chi connectivity index (χ0v) is 16.2. The lowest BCUT2D eigenvalue weighted by molar-refractivity contribution is -0.155. The number of piperazine rings is 1. The van der Waals surface area contributed by atoms with E-state index >= 15 is 0 Å². The van der Waals surface area contributed by atoms with E-state index < -0.39 is 23.1 Å². The highest BCUT2D eigenvalue weighted by molar-refractivity contribution is 6.08. The van der Waals surface area contributed by atoms with Crippen molar-refractivity contribution in [1.29, 1.82) is 5.26 Å². The van der Waals surface area contributed by atoms with E-state index in [1.54, 1.807) is 13.0 Å². The molecule has 5 nitrogen and oxygen atoms in total. The highest BCUT2D eigenvalue weighted by Gasteiger charge is 2.48. The second-order valence-electron chi connectivity index (χ2n) is 7.13. The largest absolute Gasteiger partial charge is 0.326 e. The van der Waals surface area contributed by atoms with Crippen molar-refractivity contribution >= 4 is 17.9 Å². The predicted octanol–water partition coefficient (Wildman–Crippen LogP) is 3.11. The van der Waals surface area contributed by atoms with E-state index in [-0.39, 0.29) is 22.7 Å². The number of nitrogens with zero attached hydrogens (tertiary/aromatic N) is 3. The number of amides is 2. The van der Waals surface area contributed by atoms with E-state index in [4.69, 9.17) is 0 Å². The van der Waals surface area contributed by atoms with Gasteiger partial charge in [0.2, 0.25) is 0 Å². The minimum Gasteiger partial charge on any atom is -0.326 e. The van der Waals surface area contributed by atoms with Crippen molar-refractivity contribution < 1.29 is 18.4 Å². The average Bonchev–Trinajstić information content (AvgIpc) is 2.72. The summed E-state index contributed by atoms with van der Waals surface area (Å²) < 4.78 is 28.0. The van der Waals surface area contributed by atoms with Crippen molar-refractivity contribution in [2.75, 3.05) is 14.1 Å². The normalized spacial score (nSPS) is 20.9. The topological polar surface area (TPSA) is 64.4 Å². The molecule has 2 aromatic rings. The minimum atomic E-state index is -1.24. The lowest BCUT2D eigenvalue weighted by Gasteiger charge is -2.45. The summed E-state index contributed by atoms with van der Waals surface area (Å²) in [5.41, 5.74) is -0.903. The molecule has 1 saturated heterocycles. The molecule has 0 aromatic heterocycles. The molecule has 0 saturated carbocycles. The van der Waals surface area contributed by atoms with Gasteiger partial charge in [-0.05, 0) is 30.7 Å². The van der Waals surface area contributed by atoms with Gasteiger partial charge in [-0.25, -0.2) is 8.78 Å². The lowest BCUT2D eigenvalue weighted by Crippen LogP contribution is -2.64. The van der Waals surface area contributed by atoms with Crippen LogP contribution in [0.1, 0.15) is 23.6 Å². The van der Waals surface area contributed by atoms with Gasteiger partial charge < -0.3 is 9.80 Å². The van der Waals surface area contributed by atoms with Crippen LogP contribution in [0.15, 0.2) is 48.2 Å². The number of rotatable bonds is 3. The molecule has 2 aromatic carbocycles. The van der Waals surface area contributed by atoms with Crippen LogP contribution in [0.4, 0.5) is 8.78 Å². The number of carbonyl (C=O) groups is 2. The Morgan fingerprint density at radius 2 is 1.76 bits per heavy atom. The maximum Gasteiger partial charge on any atom is 0.271 e. The molecular weight excluding hydrogens is 376 g/mol. The number of nitriles is 1. The third kappa shape index (κ3) is 3.38. The van der Waals surface area contributed by atoms with Crippen LogP contribution in [0.5, 0.6) is 0 Å².